The lowest BCUT2D eigenvalue weighted by atomic mass is 10.0. The van der Waals surface area contributed by atoms with Crippen LogP contribution < -0.4 is 5.32 Å². The summed E-state index contributed by atoms with van der Waals surface area (Å²) in [4.78, 5) is 14.5. The van der Waals surface area contributed by atoms with Gasteiger partial charge in [0.2, 0.25) is 0 Å². The van der Waals surface area contributed by atoms with Gasteiger partial charge in [0.05, 0.1) is 25.5 Å². The zero-order chi connectivity index (χ0) is 17.2. The zero-order valence-corrected chi connectivity index (χ0v) is 14.8. The Kier molecular flexibility index (Phi) is 5.10. The molecule has 3 heterocycles. The molecule has 24 heavy (non-hydrogen) atoms. The Hall–Kier alpha value is -1.60. The van der Waals surface area contributed by atoms with Crippen molar-refractivity contribution in [2.75, 3.05) is 26.3 Å². The number of likely N-dealkylation sites (tertiary alicyclic amines) is 1. The van der Waals surface area contributed by atoms with E-state index in [9.17, 15) is 4.79 Å². The van der Waals surface area contributed by atoms with Gasteiger partial charge in [-0.2, -0.15) is 5.10 Å². The summed E-state index contributed by atoms with van der Waals surface area (Å²) < 4.78 is 13.1. The van der Waals surface area contributed by atoms with Gasteiger partial charge in [-0.15, -0.1) is 0 Å². The zero-order valence-electron chi connectivity index (χ0n) is 14.8. The maximum absolute atomic E-state index is 12.6. The summed E-state index contributed by atoms with van der Waals surface area (Å²) in [6.07, 6.45) is 6.65. The molecule has 2 atom stereocenters. The summed E-state index contributed by atoms with van der Waals surface area (Å²) in [5.74, 6) is -0.216. The molecule has 1 aromatic heterocycles. The lowest BCUT2D eigenvalue weighted by molar-refractivity contribution is -0.153. The normalized spacial score (nSPS) is 24.3. The van der Waals surface area contributed by atoms with E-state index in [0.29, 0.717) is 19.8 Å². The number of hydrogen-bond acceptors (Lipinski definition) is 4. The van der Waals surface area contributed by atoms with Gasteiger partial charge in [-0.3, -0.25) is 4.68 Å². The maximum Gasteiger partial charge on any atom is 0.317 e. The van der Waals surface area contributed by atoms with E-state index in [1.54, 1.807) is 4.68 Å². The molecule has 1 aromatic rings. The van der Waals surface area contributed by atoms with Crippen molar-refractivity contribution in [1.29, 1.82) is 0 Å². The molecule has 3 rings (SSSR count). The molecule has 7 heteroatoms. The third-order valence-electron chi connectivity index (χ3n) is 4.84. The van der Waals surface area contributed by atoms with E-state index >= 15 is 0 Å². The molecule has 7 nitrogen and oxygen atoms in total. The second-order valence-corrected chi connectivity index (χ2v) is 7.12. The molecule has 0 unspecified atom stereocenters. The fourth-order valence-electron chi connectivity index (χ4n) is 3.71. The van der Waals surface area contributed by atoms with Gasteiger partial charge in [-0.1, -0.05) is 6.92 Å². The maximum atomic E-state index is 12.6. The summed E-state index contributed by atoms with van der Waals surface area (Å²) in [6.45, 7) is 6.80. The first kappa shape index (κ1) is 17.2. The Bertz CT molecular complexity index is 568. The van der Waals surface area contributed by atoms with Gasteiger partial charge in [-0.25, -0.2) is 4.79 Å². The number of aromatic nitrogens is 2. The molecule has 2 fully saturated rings. The minimum absolute atomic E-state index is 0.00612. The molecule has 0 aliphatic carbocycles. The summed E-state index contributed by atoms with van der Waals surface area (Å²) >= 11 is 0. The van der Waals surface area contributed by atoms with Crippen molar-refractivity contribution in [3.05, 3.63) is 18.0 Å². The van der Waals surface area contributed by atoms with Gasteiger partial charge in [0, 0.05) is 38.3 Å². The van der Waals surface area contributed by atoms with Crippen LogP contribution in [0.25, 0.3) is 0 Å². The molecule has 0 aromatic carbocycles. The quantitative estimate of drug-likeness (QED) is 0.893. The second-order valence-electron chi connectivity index (χ2n) is 7.12. The van der Waals surface area contributed by atoms with Crippen LogP contribution in [0.4, 0.5) is 4.79 Å². The van der Waals surface area contributed by atoms with Crippen molar-refractivity contribution in [2.45, 2.75) is 44.9 Å². The summed E-state index contributed by atoms with van der Waals surface area (Å²) in [5.41, 5.74) is 1.11. The third-order valence-corrected chi connectivity index (χ3v) is 4.84. The molecule has 0 spiro atoms. The molecule has 0 bridgehead atoms. The van der Waals surface area contributed by atoms with Crippen LogP contribution in [-0.4, -0.2) is 52.8 Å². The van der Waals surface area contributed by atoms with Crippen LogP contribution >= 0.6 is 0 Å². The Balaban J connectivity index is 1.50. The first-order chi connectivity index (χ1) is 11.5. The van der Waals surface area contributed by atoms with Gasteiger partial charge in [-0.05, 0) is 25.7 Å². The summed E-state index contributed by atoms with van der Waals surface area (Å²) in [5, 5.41) is 7.30. The molecule has 0 radical (unpaired) electrons. The van der Waals surface area contributed by atoms with Crippen molar-refractivity contribution in [3.63, 3.8) is 0 Å². The molecule has 2 aliphatic rings. The Morgan fingerprint density at radius 2 is 2.25 bits per heavy atom. The van der Waals surface area contributed by atoms with Crippen molar-refractivity contribution >= 4 is 6.03 Å². The van der Waals surface area contributed by atoms with E-state index < -0.39 is 5.79 Å². The van der Waals surface area contributed by atoms with Gasteiger partial charge in [0.1, 0.15) is 0 Å². The van der Waals surface area contributed by atoms with E-state index in [4.69, 9.17) is 9.47 Å². The Labute approximate surface area is 143 Å². The van der Waals surface area contributed by atoms with Gasteiger partial charge < -0.3 is 19.7 Å². The molecule has 134 valence electrons. The highest BCUT2D eigenvalue weighted by atomic mass is 16.7. The largest absolute Gasteiger partial charge is 0.348 e. The molecule has 2 amide bonds. The molecule has 0 saturated carbocycles. The van der Waals surface area contributed by atoms with Crippen LogP contribution in [0, 0.1) is 5.92 Å². The molecule has 1 N–H and O–H groups in total. The van der Waals surface area contributed by atoms with Crippen LogP contribution in [-0.2, 0) is 16.5 Å². The minimum Gasteiger partial charge on any atom is -0.348 e. The van der Waals surface area contributed by atoms with E-state index in [1.165, 1.54) is 0 Å². The van der Waals surface area contributed by atoms with Crippen molar-refractivity contribution in [3.8, 4) is 0 Å². The highest BCUT2D eigenvalue weighted by molar-refractivity contribution is 5.75. The SMILES string of the molecule is C[C@H](CNC(=O)N1CCC[C@@H]1c1cnn(C)c1)CC1(C)OCCO1. The predicted octanol–water partition coefficient (Wildman–Crippen LogP) is 2.06. The first-order valence-electron chi connectivity index (χ1n) is 8.78. The van der Waals surface area contributed by atoms with Crippen LogP contribution in [0.5, 0.6) is 0 Å². The number of ether oxygens (including phenoxy) is 2. The smallest absolute Gasteiger partial charge is 0.317 e. The van der Waals surface area contributed by atoms with Crippen LogP contribution in [0.1, 0.15) is 44.7 Å². The highest BCUT2D eigenvalue weighted by Crippen LogP contribution is 2.31. The molecule has 2 saturated heterocycles. The lowest BCUT2D eigenvalue weighted by Crippen LogP contribution is -2.42. The summed E-state index contributed by atoms with van der Waals surface area (Å²) in [6, 6.07) is 0.139. The van der Waals surface area contributed by atoms with Crippen LogP contribution in [0.3, 0.4) is 0 Å². The Morgan fingerprint density at radius 1 is 1.50 bits per heavy atom. The van der Waals surface area contributed by atoms with E-state index in [-0.39, 0.29) is 18.0 Å². The molecular formula is C17H28N4O3. The number of nitrogens with zero attached hydrogens (tertiary/aromatic N) is 3. The standard InChI is InChI=1S/C17H28N4O3/c1-13(9-17(2)23-7-8-24-17)10-18-16(22)21-6-4-5-15(21)14-11-19-20(3)12-14/h11-13,15H,4-10H2,1-3H3,(H,18,22)/t13-,15+/m0/s1. The van der Waals surface area contributed by atoms with Crippen molar-refractivity contribution in [2.24, 2.45) is 13.0 Å². The average molecular weight is 336 g/mol. The minimum atomic E-state index is -0.504. The summed E-state index contributed by atoms with van der Waals surface area (Å²) in [7, 11) is 1.90. The Morgan fingerprint density at radius 3 is 2.92 bits per heavy atom. The number of carbonyl (C=O) groups excluding carboxylic acids is 1. The molecule has 2 aliphatic heterocycles. The lowest BCUT2D eigenvalue weighted by Gasteiger charge is -2.28. The third kappa shape index (κ3) is 3.89. The number of amides is 2. The van der Waals surface area contributed by atoms with Gasteiger partial charge in [0.15, 0.2) is 5.79 Å². The highest BCUT2D eigenvalue weighted by Gasteiger charge is 2.34. The number of hydrogen-bond donors (Lipinski definition) is 1. The number of rotatable bonds is 5. The predicted molar refractivity (Wildman–Crippen MR) is 89.4 cm³/mol. The number of carbonyl (C=O) groups is 1. The molecular weight excluding hydrogens is 308 g/mol. The fourth-order valence-corrected chi connectivity index (χ4v) is 3.71. The number of aryl methyl sites for hydroxylation is 1. The number of nitrogens with one attached hydrogen (secondary N) is 1. The number of urea groups is 1. The van der Waals surface area contributed by atoms with E-state index in [2.05, 4.69) is 17.3 Å². The van der Waals surface area contributed by atoms with Crippen LogP contribution in [0.15, 0.2) is 12.4 Å². The average Bonchev–Trinajstić information content (AvgIpc) is 3.25. The van der Waals surface area contributed by atoms with Gasteiger partial charge >= 0.3 is 6.03 Å². The first-order valence-corrected chi connectivity index (χ1v) is 8.78. The monoisotopic (exact) mass is 336 g/mol. The topological polar surface area (TPSA) is 68.6 Å². The van der Waals surface area contributed by atoms with Crippen molar-refractivity contribution in [1.82, 2.24) is 20.0 Å². The van der Waals surface area contributed by atoms with Gasteiger partial charge in [0.25, 0.3) is 0 Å². The van der Waals surface area contributed by atoms with Crippen LogP contribution in [0.2, 0.25) is 0 Å². The van der Waals surface area contributed by atoms with Crippen molar-refractivity contribution < 1.29 is 14.3 Å². The fraction of sp³-hybridized carbons (Fsp3) is 0.765. The van der Waals surface area contributed by atoms with E-state index in [0.717, 1.165) is 31.4 Å². The second kappa shape index (κ2) is 7.11. The van der Waals surface area contributed by atoms with E-state index in [1.807, 2.05) is 31.3 Å².